The Labute approximate surface area is 854 Å². The Morgan fingerprint density at radius 3 is 1.03 bits per heavy atom. The van der Waals surface area contributed by atoms with Crippen molar-refractivity contribution in [3.8, 4) is 62.7 Å². The zero-order chi connectivity index (χ0) is 99.2. The van der Waals surface area contributed by atoms with Crippen molar-refractivity contribution < 1.29 is 28.0 Å². The second kappa shape index (κ2) is 47.9. The molecule has 7 N–H and O–H groups in total. The number of likely N-dealkylation sites (N-methyl/N-ethyl adjacent to an activating group) is 1. The summed E-state index contributed by atoms with van der Waals surface area (Å²) in [4.78, 5) is 66.9. The minimum Gasteiger partial charge on any atom is -0.337 e. The smallest absolute Gasteiger partial charge is 0.321 e. The number of benzene rings is 11. The van der Waals surface area contributed by atoms with Crippen molar-refractivity contribution in [2.75, 3.05) is 134 Å². The van der Waals surface area contributed by atoms with E-state index in [1.54, 1.807) is 71.8 Å². The van der Waals surface area contributed by atoms with Gasteiger partial charge in [0.1, 0.15) is 11.6 Å². The second-order valence-electron chi connectivity index (χ2n) is 38.2. The predicted octanol–water partition coefficient (Wildman–Crippen LogP) is 25.7. The quantitative estimate of drug-likeness (QED) is 0.0298. The number of nitriles is 3. The van der Waals surface area contributed by atoms with Crippen LogP contribution in [0, 0.1) is 57.5 Å². The number of hydrogen-bond donors (Lipinski definition) is 7. The van der Waals surface area contributed by atoms with E-state index < -0.39 is 17.7 Å². The maximum absolute atomic E-state index is 13.9. The molecule has 28 heteroatoms. The lowest BCUT2D eigenvalue weighted by atomic mass is 9.72. The minimum atomic E-state index is -0.819. The third kappa shape index (κ3) is 28.5. The number of rotatable bonds is 24. The summed E-state index contributed by atoms with van der Waals surface area (Å²) in [6, 6.07) is 84.4. The van der Waals surface area contributed by atoms with Gasteiger partial charge in [-0.2, -0.15) is 15.8 Å². The summed E-state index contributed by atoms with van der Waals surface area (Å²) in [5, 5.41) is 50.8. The number of aromatic nitrogens is 1. The number of carbonyl (C=O) groups is 4. The lowest BCUT2D eigenvalue weighted by Gasteiger charge is -2.44. The van der Waals surface area contributed by atoms with Gasteiger partial charge in [0.05, 0.1) is 40.6 Å². The van der Waals surface area contributed by atoms with E-state index in [1.807, 2.05) is 98.2 Å². The molecule has 2 saturated carbocycles. The SMILES string of the molecule is CN(CC1(c2ccc(-c3cccc(C#N)c3)cc2)CCN(CC2CC2)CC1)C(=O)Nc1cc(Cl)cc(Cl)c1.CN1CCC(CNC(=O)Nc2cc(Cl)cc(Cl)c2)(c2ccc(-c3cccnc3)cc2)CC1.CN1CCC(CNC(=O)Nc2ccc(F)cc2F)(c2ccc(-c3cccc(C#N)c3)cc2)CC1.N#Cc1cccc(-c2ccc(C3(CNC(=O)Nc4cc(Cl)cc(Cl)c4)CCN(CC4CC4)CC3)cc2)c1. The lowest BCUT2D eigenvalue weighted by Crippen LogP contribution is -2.50. The molecule has 11 aromatic carbocycles. The third-order valence-electron chi connectivity index (χ3n) is 28.1. The Bertz CT molecular complexity index is 6420. The Morgan fingerprint density at radius 1 is 0.376 bits per heavy atom. The van der Waals surface area contributed by atoms with E-state index in [0.29, 0.717) is 90.1 Å². The zero-order valence-corrected chi connectivity index (χ0v) is 83.7. The van der Waals surface area contributed by atoms with Crippen LogP contribution in [0.15, 0.2) is 267 Å². The van der Waals surface area contributed by atoms with E-state index >= 15 is 0 Å². The van der Waals surface area contributed by atoms with Gasteiger partial charge in [0.2, 0.25) is 0 Å². The van der Waals surface area contributed by atoms with Crippen LogP contribution in [0.4, 0.5) is 50.7 Å². The topological polar surface area (TPSA) is 253 Å². The molecule has 0 radical (unpaired) electrons. The number of hydrogen-bond acceptors (Lipinski definition) is 12. The molecule has 5 heterocycles. The number of amides is 8. The first-order chi connectivity index (χ1) is 68.1. The van der Waals surface area contributed by atoms with E-state index in [1.165, 1.54) is 61.5 Å². The second-order valence-corrected chi connectivity index (χ2v) is 40.8. The van der Waals surface area contributed by atoms with E-state index in [-0.39, 0.29) is 45.4 Å². The van der Waals surface area contributed by atoms with Gasteiger partial charge in [0.25, 0.3) is 0 Å². The molecule has 18 rings (SSSR count). The zero-order valence-electron chi connectivity index (χ0n) is 79.1. The van der Waals surface area contributed by atoms with Crippen molar-refractivity contribution in [1.29, 1.82) is 15.8 Å². The highest BCUT2D eigenvalue weighted by Crippen LogP contribution is 2.44. The minimum absolute atomic E-state index is 0.0692. The molecule has 0 bridgehead atoms. The van der Waals surface area contributed by atoms with Crippen LogP contribution in [0.2, 0.25) is 30.1 Å². The fourth-order valence-electron chi connectivity index (χ4n) is 19.4. The van der Waals surface area contributed by atoms with Gasteiger partial charge in [-0.3, -0.25) is 4.98 Å². The molecular formula is C113H114Cl6F2N16O4. The van der Waals surface area contributed by atoms with E-state index in [2.05, 4.69) is 185 Å². The summed E-state index contributed by atoms with van der Waals surface area (Å²) >= 11 is 36.5. The summed E-state index contributed by atoms with van der Waals surface area (Å²) in [5.41, 5.74) is 16.1. The summed E-state index contributed by atoms with van der Waals surface area (Å²) in [6.45, 7) is 12.3. The molecule has 2 aliphatic carbocycles. The highest BCUT2D eigenvalue weighted by molar-refractivity contribution is 6.36. The predicted molar refractivity (Wildman–Crippen MR) is 565 cm³/mol. The fourth-order valence-corrected chi connectivity index (χ4v) is 21.0. The van der Waals surface area contributed by atoms with Crippen molar-refractivity contribution in [1.82, 2.24) is 45.4 Å². The number of halogens is 8. The standard InChI is InChI=1S/C31H32Cl2N4O.C30H30Cl2N4O.C27H26F2N4O.C25H26Cl2N4O/c1-36(30(38)35-29-17-27(32)16-28(33)18-29)21-31(11-13-37(14-12-31)20-22-5-6-22)26-9-7-24(8-10-26)25-4-2-3-23(15-25)19-34;31-26-15-27(32)17-28(16-26)35-29(37)34-20-30(10-12-36(13-11-30)19-21-4-5-21)25-8-6-23(7-9-25)24-3-1-2-22(14-24)18-33;1-33-13-11-27(12-14-33,18-31-26(34)32-25-10-9-23(28)16-24(25)29)22-7-5-20(6-8-22)21-4-2-3-19(15-21)17-30;1-31-11-8-25(9-12-31,17-29-24(32)30-23-14-21(26)13-22(27)15-23)20-6-4-18(5-7-20)19-3-2-10-28-16-19/h2-4,7-10,15-18,22H,5-6,11-14,20-21H2,1H3,(H,35,38);1-3,6-9,14-17,21H,4-5,10-13,19-20H2,(H2,34,35,37);2-10,15-16H,11-14,18H2,1H3,(H2,31,32,34);2-7,10,13-16H,8-9,11-12,17H2,1H3,(H2,29,30,32). The Hall–Kier alpha value is -12.4. The maximum atomic E-state index is 13.9. The van der Waals surface area contributed by atoms with Crippen LogP contribution in [0.5, 0.6) is 0 Å². The molecule has 6 aliphatic rings. The van der Waals surface area contributed by atoms with Crippen LogP contribution in [0.25, 0.3) is 44.5 Å². The van der Waals surface area contributed by atoms with Crippen LogP contribution in [-0.2, 0) is 21.7 Å². The van der Waals surface area contributed by atoms with Crippen LogP contribution in [0.3, 0.4) is 0 Å². The summed E-state index contributed by atoms with van der Waals surface area (Å²) in [7, 11) is 6.06. The Morgan fingerprint density at radius 2 is 0.695 bits per heavy atom. The van der Waals surface area contributed by atoms with Crippen molar-refractivity contribution >= 4 is 116 Å². The van der Waals surface area contributed by atoms with Crippen molar-refractivity contribution in [2.24, 2.45) is 11.8 Å². The van der Waals surface area contributed by atoms with Crippen LogP contribution >= 0.6 is 69.6 Å². The number of nitrogens with zero attached hydrogens (tertiary/aromatic N) is 9. The van der Waals surface area contributed by atoms with Gasteiger partial charge in [-0.05, 0) is 331 Å². The summed E-state index contributed by atoms with van der Waals surface area (Å²) in [6.07, 6.45) is 16.7. The summed E-state index contributed by atoms with van der Waals surface area (Å²) in [5.74, 6) is 0.213. The number of nitrogens with one attached hydrogen (secondary N) is 7. The highest BCUT2D eigenvalue weighted by Gasteiger charge is 2.43. The number of urea groups is 4. The highest BCUT2D eigenvalue weighted by atomic mass is 35.5. The lowest BCUT2D eigenvalue weighted by molar-refractivity contribution is 0.129. The molecule has 1 aromatic heterocycles. The molecule has 0 spiro atoms. The van der Waals surface area contributed by atoms with Crippen molar-refractivity contribution in [2.45, 2.75) is 98.7 Å². The number of piperidine rings is 4. The number of likely N-dealkylation sites (tertiary alicyclic amines) is 4. The summed E-state index contributed by atoms with van der Waals surface area (Å²) < 4.78 is 27.0. The molecule has 726 valence electrons. The molecular weight excluding hydrogens is 1900 g/mol. The Balaban J connectivity index is 0.000000142. The molecule has 141 heavy (non-hydrogen) atoms. The van der Waals surface area contributed by atoms with Crippen molar-refractivity contribution in [3.05, 3.63) is 348 Å². The molecule has 4 aliphatic heterocycles. The Kier molecular flexibility index (Phi) is 35.0. The van der Waals surface area contributed by atoms with Crippen LogP contribution in [-0.4, -0.2) is 166 Å². The van der Waals surface area contributed by atoms with Crippen LogP contribution < -0.4 is 37.2 Å². The van der Waals surface area contributed by atoms with E-state index in [0.717, 1.165) is 178 Å². The fraction of sp³-hybridized carbons (Fsp3) is 0.310. The molecule has 12 aromatic rings. The van der Waals surface area contributed by atoms with Crippen molar-refractivity contribution in [3.63, 3.8) is 0 Å². The molecule has 20 nitrogen and oxygen atoms in total. The van der Waals surface area contributed by atoms with Gasteiger partial charge in [-0.25, -0.2) is 28.0 Å². The van der Waals surface area contributed by atoms with Gasteiger partial charge >= 0.3 is 24.1 Å². The van der Waals surface area contributed by atoms with Gasteiger partial charge in [0.15, 0.2) is 0 Å². The largest absolute Gasteiger partial charge is 0.337 e. The monoisotopic (exact) mass is 2010 g/mol. The maximum Gasteiger partial charge on any atom is 0.321 e. The first kappa shape index (κ1) is 103. The molecule has 0 unspecified atom stereocenters. The molecule has 8 amide bonds. The molecule has 6 fully saturated rings. The average molecular weight is 2010 g/mol. The van der Waals surface area contributed by atoms with Gasteiger partial charge < -0.3 is 61.7 Å². The van der Waals surface area contributed by atoms with Crippen LogP contribution in [0.1, 0.15) is 116 Å². The molecule has 0 atom stereocenters. The van der Waals surface area contributed by atoms with Gasteiger partial charge in [-0.1, -0.05) is 209 Å². The molecule has 4 saturated heterocycles. The third-order valence-corrected chi connectivity index (χ3v) is 29.4. The normalized spacial score (nSPS) is 16.4. The van der Waals surface area contributed by atoms with E-state index in [4.69, 9.17) is 69.6 Å². The number of anilines is 4. The average Bonchev–Trinajstić information content (AvgIpc) is 1.76. The van der Waals surface area contributed by atoms with E-state index in [9.17, 15) is 43.7 Å². The first-order valence-electron chi connectivity index (χ1n) is 47.7. The number of carbonyl (C=O) groups excluding carboxylic acids is 4. The van der Waals surface area contributed by atoms with Gasteiger partial charge in [0, 0.05) is 134 Å². The number of pyridine rings is 1. The first-order valence-corrected chi connectivity index (χ1v) is 50.0. The van der Waals surface area contributed by atoms with Gasteiger partial charge in [-0.15, -0.1) is 0 Å².